The molecular weight excluding hydrogens is 478 g/mol. The fraction of sp³-hybridized carbons (Fsp3) is 0.154. The van der Waals surface area contributed by atoms with Crippen LogP contribution in [0.15, 0.2) is 71.5 Å². The maximum Gasteiger partial charge on any atom is 0.308 e. The van der Waals surface area contributed by atoms with Crippen molar-refractivity contribution in [2.24, 2.45) is 0 Å². The molecule has 0 aliphatic rings. The van der Waals surface area contributed by atoms with Crippen LogP contribution in [0.1, 0.15) is 12.0 Å². The van der Waals surface area contributed by atoms with E-state index in [4.69, 9.17) is 4.74 Å². The molecule has 1 N–H and O–H groups in total. The fourth-order valence-electron chi connectivity index (χ4n) is 3.63. The average Bonchev–Trinajstić information content (AvgIpc) is 3.31. The van der Waals surface area contributed by atoms with Crippen LogP contribution in [0.2, 0.25) is 0 Å². The molecule has 0 aliphatic carbocycles. The lowest BCUT2D eigenvalue weighted by Gasteiger charge is -2.08. The van der Waals surface area contributed by atoms with Crippen molar-refractivity contribution in [3.63, 3.8) is 0 Å². The van der Waals surface area contributed by atoms with Gasteiger partial charge in [-0.3, -0.25) is 14.4 Å². The van der Waals surface area contributed by atoms with Crippen molar-refractivity contribution in [1.29, 1.82) is 0 Å². The first-order valence-corrected chi connectivity index (χ1v) is 12.0. The van der Waals surface area contributed by atoms with Crippen molar-refractivity contribution >= 4 is 50.0 Å². The Labute approximate surface area is 209 Å². The molecule has 180 valence electrons. The first-order valence-electron chi connectivity index (χ1n) is 11.2. The highest BCUT2D eigenvalue weighted by atomic mass is 32.1. The van der Waals surface area contributed by atoms with Crippen LogP contribution in [0.4, 0.5) is 5.69 Å². The predicted octanol–water partition coefficient (Wildman–Crippen LogP) is 3.95. The van der Waals surface area contributed by atoms with Crippen molar-refractivity contribution < 1.29 is 14.3 Å². The van der Waals surface area contributed by atoms with E-state index in [1.54, 1.807) is 47.7 Å². The van der Waals surface area contributed by atoms with E-state index in [1.807, 2.05) is 24.3 Å². The van der Waals surface area contributed by atoms with Gasteiger partial charge in [0.05, 0.1) is 28.6 Å². The topological polar surface area (TPSA) is 116 Å². The summed E-state index contributed by atoms with van der Waals surface area (Å²) in [5.41, 5.74) is 3.82. The number of carbonyl (C=O) groups excluding carboxylic acids is 2. The Kier molecular flexibility index (Phi) is 6.50. The Morgan fingerprint density at radius 1 is 1.03 bits per heavy atom. The first kappa shape index (κ1) is 23.3. The molecular formula is C26H21N5O4S. The van der Waals surface area contributed by atoms with Crippen molar-refractivity contribution in [2.45, 2.75) is 19.9 Å². The number of nitrogens with one attached hydrogen (secondary N) is 1. The van der Waals surface area contributed by atoms with Gasteiger partial charge in [0.15, 0.2) is 6.61 Å². The number of anilines is 1. The molecule has 1 amide bonds. The van der Waals surface area contributed by atoms with E-state index < -0.39 is 18.5 Å². The number of nitrogens with zero attached hydrogens (tertiary/aromatic N) is 4. The fourth-order valence-corrected chi connectivity index (χ4v) is 4.70. The van der Waals surface area contributed by atoms with E-state index in [0.717, 1.165) is 25.5 Å². The normalized spacial score (nSPS) is 11.0. The van der Waals surface area contributed by atoms with Crippen LogP contribution in [-0.2, 0) is 20.9 Å². The second kappa shape index (κ2) is 10.0. The summed E-state index contributed by atoms with van der Waals surface area (Å²) in [6.07, 6.45) is -0.114. The molecule has 3 aromatic carbocycles. The number of esters is 1. The molecule has 9 nitrogen and oxygen atoms in total. The molecule has 2 aromatic heterocycles. The van der Waals surface area contributed by atoms with Gasteiger partial charge in [-0.2, -0.15) is 0 Å². The number of benzene rings is 3. The van der Waals surface area contributed by atoms with E-state index in [0.29, 0.717) is 16.6 Å². The maximum atomic E-state index is 12.4. The molecule has 0 radical (unpaired) electrons. The number of thiazole rings is 1. The van der Waals surface area contributed by atoms with E-state index >= 15 is 0 Å². The highest BCUT2D eigenvalue weighted by Gasteiger charge is 2.12. The molecule has 2 heterocycles. The molecule has 10 heteroatoms. The smallest absolute Gasteiger partial charge is 0.308 e. The summed E-state index contributed by atoms with van der Waals surface area (Å²) in [7, 11) is 0. The van der Waals surface area contributed by atoms with Crippen molar-refractivity contribution in [3.8, 4) is 10.6 Å². The Morgan fingerprint density at radius 3 is 2.67 bits per heavy atom. The molecule has 0 atom stereocenters. The summed E-state index contributed by atoms with van der Waals surface area (Å²) in [5.74, 6) is -1.08. The van der Waals surface area contributed by atoms with E-state index in [-0.39, 0.29) is 18.5 Å². The van der Waals surface area contributed by atoms with Crippen LogP contribution in [0, 0.1) is 6.92 Å². The second-order valence-electron chi connectivity index (χ2n) is 8.16. The standard InChI is InChI=1S/C26H21N5O4S/c1-16-6-11-21-22(14-16)36-25(28-21)17-7-9-18(10-8-17)27-23(32)15-35-24(33)12-13-31-26(34)19-4-2-3-5-20(19)29-30-31/h2-11,14H,12-13,15H2,1H3,(H,27,32). The summed E-state index contributed by atoms with van der Waals surface area (Å²) in [4.78, 5) is 41.4. The Bertz CT molecular complexity index is 1640. The van der Waals surface area contributed by atoms with Crippen molar-refractivity contribution in [3.05, 3.63) is 82.6 Å². The van der Waals surface area contributed by atoms with E-state index in [9.17, 15) is 14.4 Å². The Balaban J connectivity index is 1.12. The molecule has 0 saturated carbocycles. The number of hydrogen-bond acceptors (Lipinski definition) is 8. The molecule has 0 bridgehead atoms. The quantitative estimate of drug-likeness (QED) is 0.337. The van der Waals surface area contributed by atoms with Crippen molar-refractivity contribution in [2.75, 3.05) is 11.9 Å². The van der Waals surface area contributed by atoms with Crippen molar-refractivity contribution in [1.82, 2.24) is 20.0 Å². The number of hydrogen-bond donors (Lipinski definition) is 1. The van der Waals surface area contributed by atoms with Gasteiger partial charge in [-0.15, -0.1) is 16.4 Å². The minimum Gasteiger partial charge on any atom is -0.456 e. The number of fused-ring (bicyclic) bond motifs is 2. The minimum atomic E-state index is -0.617. The second-order valence-corrected chi connectivity index (χ2v) is 9.19. The van der Waals surface area contributed by atoms with Crippen LogP contribution in [-0.4, -0.2) is 38.5 Å². The zero-order valence-electron chi connectivity index (χ0n) is 19.3. The van der Waals surface area contributed by atoms with Crippen LogP contribution >= 0.6 is 11.3 Å². The number of ether oxygens (including phenoxy) is 1. The third-order valence-corrected chi connectivity index (χ3v) is 6.55. The third kappa shape index (κ3) is 5.13. The summed E-state index contributed by atoms with van der Waals surface area (Å²) >= 11 is 1.61. The lowest BCUT2D eigenvalue weighted by Crippen LogP contribution is -2.26. The van der Waals surface area contributed by atoms with Gasteiger partial charge in [0.25, 0.3) is 11.5 Å². The molecule has 0 spiro atoms. The summed E-state index contributed by atoms with van der Waals surface area (Å²) in [5, 5.41) is 11.8. The highest BCUT2D eigenvalue weighted by molar-refractivity contribution is 7.21. The van der Waals surface area contributed by atoms with Gasteiger partial charge in [0.1, 0.15) is 10.5 Å². The number of aryl methyl sites for hydroxylation is 2. The van der Waals surface area contributed by atoms with Gasteiger partial charge in [0, 0.05) is 11.3 Å². The first-order chi connectivity index (χ1) is 17.5. The highest BCUT2D eigenvalue weighted by Crippen LogP contribution is 2.31. The van der Waals surface area contributed by atoms with Crippen LogP contribution < -0.4 is 10.9 Å². The Hall–Kier alpha value is -4.44. The number of rotatable bonds is 7. The van der Waals surface area contributed by atoms with Crippen LogP contribution in [0.25, 0.3) is 31.7 Å². The zero-order chi connectivity index (χ0) is 25.1. The predicted molar refractivity (Wildman–Crippen MR) is 138 cm³/mol. The zero-order valence-corrected chi connectivity index (χ0v) is 20.1. The minimum absolute atomic E-state index is 0.00389. The largest absolute Gasteiger partial charge is 0.456 e. The number of amides is 1. The monoisotopic (exact) mass is 499 g/mol. The molecule has 0 aliphatic heterocycles. The summed E-state index contributed by atoms with van der Waals surface area (Å²) in [6.45, 7) is 1.62. The van der Waals surface area contributed by atoms with Gasteiger partial charge in [-0.25, -0.2) is 9.67 Å². The number of aromatic nitrogens is 4. The summed E-state index contributed by atoms with van der Waals surface area (Å²) < 4.78 is 7.27. The van der Waals surface area contributed by atoms with Gasteiger partial charge in [0.2, 0.25) is 0 Å². The SMILES string of the molecule is Cc1ccc2nc(-c3ccc(NC(=O)COC(=O)CCn4nnc5ccccc5c4=O)cc3)sc2c1. The summed E-state index contributed by atoms with van der Waals surface area (Å²) in [6, 6.07) is 20.3. The molecule has 5 rings (SSSR count). The molecule has 0 unspecified atom stereocenters. The van der Waals surface area contributed by atoms with Gasteiger partial charge in [-0.05, 0) is 61.0 Å². The lowest BCUT2D eigenvalue weighted by molar-refractivity contribution is -0.147. The van der Waals surface area contributed by atoms with E-state index in [2.05, 4.69) is 33.6 Å². The van der Waals surface area contributed by atoms with Gasteiger partial charge < -0.3 is 10.1 Å². The van der Waals surface area contributed by atoms with Crippen LogP contribution in [0.5, 0.6) is 0 Å². The van der Waals surface area contributed by atoms with Crippen LogP contribution in [0.3, 0.4) is 0 Å². The third-order valence-electron chi connectivity index (χ3n) is 5.48. The van der Waals surface area contributed by atoms with E-state index in [1.165, 1.54) is 5.56 Å². The molecule has 5 aromatic rings. The average molecular weight is 500 g/mol. The maximum absolute atomic E-state index is 12.4. The lowest BCUT2D eigenvalue weighted by atomic mass is 10.2. The molecule has 0 saturated heterocycles. The Morgan fingerprint density at radius 2 is 1.83 bits per heavy atom. The van der Waals surface area contributed by atoms with Gasteiger partial charge >= 0.3 is 5.97 Å². The number of carbonyl (C=O) groups is 2. The molecule has 36 heavy (non-hydrogen) atoms. The van der Waals surface area contributed by atoms with Gasteiger partial charge in [-0.1, -0.05) is 23.4 Å². The molecule has 0 fully saturated rings.